The van der Waals surface area contributed by atoms with E-state index in [1.807, 2.05) is 0 Å². The first-order valence-corrected chi connectivity index (χ1v) is 3.74. The molecular formula is C8H12O4. The van der Waals surface area contributed by atoms with Gasteiger partial charge in [0.2, 0.25) is 0 Å². The number of aliphatic hydroxyl groups is 2. The van der Waals surface area contributed by atoms with Gasteiger partial charge in [-0.2, -0.15) is 0 Å². The van der Waals surface area contributed by atoms with Crippen LogP contribution >= 0.6 is 0 Å². The molecule has 4 heteroatoms. The Morgan fingerprint density at radius 1 is 1.92 bits per heavy atom. The van der Waals surface area contributed by atoms with Crippen molar-refractivity contribution in [1.29, 1.82) is 0 Å². The minimum absolute atomic E-state index is 0.174. The van der Waals surface area contributed by atoms with E-state index in [9.17, 15) is 9.90 Å². The molecule has 1 aliphatic rings. The van der Waals surface area contributed by atoms with Gasteiger partial charge in [0.15, 0.2) is 5.79 Å². The van der Waals surface area contributed by atoms with Crippen LogP contribution in [0.1, 0.15) is 13.3 Å². The molecule has 0 amide bonds. The number of aliphatic hydroxyl groups excluding tert-OH is 1. The summed E-state index contributed by atoms with van der Waals surface area (Å²) in [5, 5.41) is 18.2. The average molecular weight is 172 g/mol. The maximum Gasteiger partial charge on any atom is 0.167 e. The molecule has 0 radical (unpaired) electrons. The van der Waals surface area contributed by atoms with Crippen LogP contribution in [-0.4, -0.2) is 35.0 Å². The van der Waals surface area contributed by atoms with Crippen LogP contribution in [0.3, 0.4) is 0 Å². The molecule has 0 aromatic carbocycles. The van der Waals surface area contributed by atoms with Gasteiger partial charge < -0.3 is 14.9 Å². The topological polar surface area (TPSA) is 66.8 Å². The minimum atomic E-state index is -1.33. The molecule has 68 valence electrons. The largest absolute Gasteiger partial charge is 0.393 e. The summed E-state index contributed by atoms with van der Waals surface area (Å²) in [6, 6.07) is 0. The van der Waals surface area contributed by atoms with Gasteiger partial charge >= 0.3 is 0 Å². The summed E-state index contributed by atoms with van der Waals surface area (Å²) in [5.74, 6) is -1.33. The molecule has 0 bridgehead atoms. The molecule has 2 atom stereocenters. The second-order valence-electron chi connectivity index (χ2n) is 3.05. The number of ether oxygens (including phenoxy) is 1. The number of hydrogen-bond donors (Lipinski definition) is 2. The van der Waals surface area contributed by atoms with Crippen molar-refractivity contribution in [2.75, 3.05) is 6.61 Å². The molecular weight excluding hydrogens is 160 g/mol. The van der Waals surface area contributed by atoms with E-state index in [0.717, 1.165) is 0 Å². The fraction of sp³-hybridized carbons (Fsp3) is 0.625. The van der Waals surface area contributed by atoms with Crippen molar-refractivity contribution in [2.45, 2.75) is 25.2 Å². The highest BCUT2D eigenvalue weighted by molar-refractivity contribution is 5.73. The Kier molecular flexibility index (Phi) is 2.62. The maximum absolute atomic E-state index is 10.4. The van der Waals surface area contributed by atoms with Gasteiger partial charge in [-0.15, -0.1) is 0 Å². The van der Waals surface area contributed by atoms with Crippen LogP contribution in [0.2, 0.25) is 0 Å². The lowest BCUT2D eigenvalue weighted by Crippen LogP contribution is -2.38. The van der Waals surface area contributed by atoms with Gasteiger partial charge in [-0.3, -0.25) is 4.79 Å². The van der Waals surface area contributed by atoms with E-state index in [1.165, 1.54) is 13.0 Å². The van der Waals surface area contributed by atoms with Crippen molar-refractivity contribution in [3.05, 3.63) is 11.6 Å². The van der Waals surface area contributed by atoms with Crippen LogP contribution in [0.4, 0.5) is 0 Å². The van der Waals surface area contributed by atoms with Gasteiger partial charge in [-0.05, 0) is 18.6 Å². The Labute approximate surface area is 70.5 Å². The number of carbonyl (C=O) groups excluding carboxylic acids is 1. The van der Waals surface area contributed by atoms with Gasteiger partial charge in [0.05, 0.1) is 6.61 Å². The zero-order chi connectivity index (χ0) is 9.19. The highest BCUT2D eigenvalue weighted by Crippen LogP contribution is 2.24. The number of carbonyl (C=O) groups is 1. The molecule has 1 heterocycles. The number of hydrogen-bond acceptors (Lipinski definition) is 4. The summed E-state index contributed by atoms with van der Waals surface area (Å²) in [6.07, 6.45) is 1.78. The molecule has 0 aliphatic carbocycles. The van der Waals surface area contributed by atoms with E-state index in [1.54, 1.807) is 0 Å². The maximum atomic E-state index is 10.4. The Hall–Kier alpha value is -0.710. The second kappa shape index (κ2) is 3.35. The lowest BCUT2D eigenvalue weighted by atomic mass is 10.0. The highest BCUT2D eigenvalue weighted by atomic mass is 16.6. The van der Waals surface area contributed by atoms with Gasteiger partial charge in [-0.1, -0.05) is 0 Å². The molecule has 0 saturated heterocycles. The van der Waals surface area contributed by atoms with E-state index < -0.39 is 11.9 Å². The van der Waals surface area contributed by atoms with Crippen LogP contribution in [0.15, 0.2) is 11.6 Å². The molecule has 0 fully saturated rings. The van der Waals surface area contributed by atoms with Crippen LogP contribution in [0.25, 0.3) is 0 Å². The summed E-state index contributed by atoms with van der Waals surface area (Å²) in [5.41, 5.74) is 0.463. The molecule has 0 saturated carbocycles. The lowest BCUT2D eigenvalue weighted by Gasteiger charge is -2.31. The second-order valence-corrected chi connectivity index (χ2v) is 3.05. The summed E-state index contributed by atoms with van der Waals surface area (Å²) in [4.78, 5) is 10.4. The SMILES string of the molecule is CC1(O)CC(C=O)=CC(CO)O1. The molecule has 0 spiro atoms. The van der Waals surface area contributed by atoms with Crippen LogP contribution in [-0.2, 0) is 9.53 Å². The summed E-state index contributed by atoms with van der Waals surface area (Å²) < 4.78 is 5.03. The normalized spacial score (nSPS) is 35.9. The molecule has 0 aromatic heterocycles. The summed E-state index contributed by atoms with van der Waals surface area (Å²) in [6.45, 7) is 1.24. The molecule has 0 aromatic rings. The number of aldehydes is 1. The van der Waals surface area contributed by atoms with Crippen molar-refractivity contribution in [3.8, 4) is 0 Å². The molecule has 1 aliphatic heterocycles. The molecule has 1 rings (SSSR count). The minimum Gasteiger partial charge on any atom is -0.393 e. The fourth-order valence-electron chi connectivity index (χ4n) is 1.25. The zero-order valence-electron chi connectivity index (χ0n) is 6.86. The van der Waals surface area contributed by atoms with Gasteiger partial charge in [0, 0.05) is 6.42 Å². The van der Waals surface area contributed by atoms with Crippen molar-refractivity contribution in [3.63, 3.8) is 0 Å². The Morgan fingerprint density at radius 2 is 2.58 bits per heavy atom. The summed E-state index contributed by atoms with van der Waals surface area (Å²) >= 11 is 0. The third-order valence-electron chi connectivity index (χ3n) is 1.67. The van der Waals surface area contributed by atoms with Crippen molar-refractivity contribution in [1.82, 2.24) is 0 Å². The Balaban J connectivity index is 2.77. The third-order valence-corrected chi connectivity index (χ3v) is 1.67. The van der Waals surface area contributed by atoms with E-state index >= 15 is 0 Å². The monoisotopic (exact) mass is 172 g/mol. The fourth-order valence-corrected chi connectivity index (χ4v) is 1.25. The molecule has 2 unspecified atom stereocenters. The Morgan fingerprint density at radius 3 is 3.08 bits per heavy atom. The van der Waals surface area contributed by atoms with Crippen LogP contribution in [0.5, 0.6) is 0 Å². The summed E-state index contributed by atoms with van der Waals surface area (Å²) in [7, 11) is 0. The molecule has 12 heavy (non-hydrogen) atoms. The highest BCUT2D eigenvalue weighted by Gasteiger charge is 2.30. The first-order valence-electron chi connectivity index (χ1n) is 3.74. The predicted molar refractivity (Wildman–Crippen MR) is 41.3 cm³/mol. The van der Waals surface area contributed by atoms with Crippen LogP contribution in [0, 0.1) is 0 Å². The quantitative estimate of drug-likeness (QED) is 0.556. The predicted octanol–water partition coefficient (Wildman–Crippen LogP) is -0.399. The first kappa shape index (κ1) is 9.38. The van der Waals surface area contributed by atoms with E-state index in [0.29, 0.717) is 11.9 Å². The lowest BCUT2D eigenvalue weighted by molar-refractivity contribution is -0.218. The van der Waals surface area contributed by atoms with Gasteiger partial charge in [0.25, 0.3) is 0 Å². The molecule has 4 nitrogen and oxygen atoms in total. The van der Waals surface area contributed by atoms with E-state index in [2.05, 4.69) is 0 Å². The van der Waals surface area contributed by atoms with E-state index in [4.69, 9.17) is 9.84 Å². The van der Waals surface area contributed by atoms with Crippen molar-refractivity contribution >= 4 is 6.29 Å². The standard InChI is InChI=1S/C8H12O4/c1-8(11)3-6(4-9)2-7(5-10)12-8/h2,4,7,10-11H,3,5H2,1H3. The smallest absolute Gasteiger partial charge is 0.167 e. The van der Waals surface area contributed by atoms with Crippen LogP contribution < -0.4 is 0 Å². The zero-order valence-corrected chi connectivity index (χ0v) is 6.86. The van der Waals surface area contributed by atoms with E-state index in [-0.39, 0.29) is 13.0 Å². The van der Waals surface area contributed by atoms with Gasteiger partial charge in [-0.25, -0.2) is 0 Å². The average Bonchev–Trinajstić information content (AvgIpc) is 2.01. The Bertz CT molecular complexity index is 207. The van der Waals surface area contributed by atoms with Crippen molar-refractivity contribution in [2.24, 2.45) is 0 Å². The van der Waals surface area contributed by atoms with Crippen molar-refractivity contribution < 1.29 is 19.7 Å². The number of rotatable bonds is 2. The molecule has 2 N–H and O–H groups in total. The first-order chi connectivity index (χ1) is 5.57. The third kappa shape index (κ3) is 2.14. The van der Waals surface area contributed by atoms with Gasteiger partial charge in [0.1, 0.15) is 12.4 Å².